The zero-order valence-corrected chi connectivity index (χ0v) is 23.6. The van der Waals surface area contributed by atoms with Gasteiger partial charge in [0.15, 0.2) is 16.6 Å². The fourth-order valence-electron chi connectivity index (χ4n) is 3.82. The van der Waals surface area contributed by atoms with E-state index in [-0.39, 0.29) is 18.3 Å². The number of amides is 1. The van der Waals surface area contributed by atoms with Crippen molar-refractivity contribution < 1.29 is 23.7 Å². The molecule has 0 N–H and O–H groups in total. The average molecular weight is 599 g/mol. The van der Waals surface area contributed by atoms with Crippen LogP contribution in [0.5, 0.6) is 17.2 Å². The van der Waals surface area contributed by atoms with Crippen LogP contribution in [0, 0.1) is 0 Å². The zero-order valence-electron chi connectivity index (χ0n) is 20.4. The van der Waals surface area contributed by atoms with Gasteiger partial charge in [0.05, 0.1) is 44.8 Å². The number of hydrogen-bond acceptors (Lipinski definition) is 8. The Labute approximate surface area is 229 Å². The lowest BCUT2D eigenvalue weighted by Gasteiger charge is -2.28. The number of aromatic nitrogens is 1. The van der Waals surface area contributed by atoms with Gasteiger partial charge in [-0.15, -0.1) is 12.4 Å². The maximum Gasteiger partial charge on any atom is 0.252 e. The van der Waals surface area contributed by atoms with Crippen LogP contribution in [0.1, 0.15) is 5.56 Å². The number of benzene rings is 2. The number of rotatable bonds is 9. The third-order valence-electron chi connectivity index (χ3n) is 5.69. The van der Waals surface area contributed by atoms with E-state index in [4.69, 9.17) is 23.9 Å². The molecule has 0 unspecified atom stereocenters. The van der Waals surface area contributed by atoms with Crippen molar-refractivity contribution in [3.63, 3.8) is 0 Å². The number of carbonyl (C=O) groups excluding carboxylic acids is 1. The molecule has 1 saturated heterocycles. The van der Waals surface area contributed by atoms with Gasteiger partial charge in [0.1, 0.15) is 0 Å². The molecular formula is C25H29BrClN3O5S. The molecule has 0 aliphatic carbocycles. The normalized spacial score (nSPS) is 14.0. The monoisotopic (exact) mass is 597 g/mol. The molecule has 1 fully saturated rings. The second kappa shape index (κ2) is 13.3. The van der Waals surface area contributed by atoms with E-state index in [1.54, 1.807) is 50.5 Å². The lowest BCUT2D eigenvalue weighted by atomic mass is 10.1. The van der Waals surface area contributed by atoms with Gasteiger partial charge in [-0.2, -0.15) is 0 Å². The molecule has 0 saturated carbocycles. The minimum absolute atomic E-state index is 0. The molecule has 8 nitrogen and oxygen atoms in total. The summed E-state index contributed by atoms with van der Waals surface area (Å²) in [5.74, 6) is 1.41. The summed E-state index contributed by atoms with van der Waals surface area (Å²) in [6, 6.07) is 9.54. The van der Waals surface area contributed by atoms with Crippen LogP contribution in [0.25, 0.3) is 16.3 Å². The molecule has 36 heavy (non-hydrogen) atoms. The standard InChI is InChI=1S/C25H28BrN3O5S.ClH/c1-31-20-14-17(15-21(32-2)24(20)33-3)4-7-23(30)29(9-8-28-10-12-34-13-11-28)25-27-19-6-5-18(26)16-22(19)35-25;/h4-7,14-16H,8-13H2,1-3H3;1H/b7-4+;. The van der Waals surface area contributed by atoms with Crippen LogP contribution in [0.4, 0.5) is 5.13 Å². The first-order chi connectivity index (χ1) is 17.0. The van der Waals surface area contributed by atoms with Crippen molar-refractivity contribution in [3.05, 3.63) is 46.4 Å². The predicted molar refractivity (Wildman–Crippen MR) is 149 cm³/mol. The lowest BCUT2D eigenvalue weighted by Crippen LogP contribution is -2.42. The number of carbonyl (C=O) groups is 1. The van der Waals surface area contributed by atoms with Crippen LogP contribution < -0.4 is 19.1 Å². The van der Waals surface area contributed by atoms with Gasteiger partial charge in [0.2, 0.25) is 5.75 Å². The molecule has 2 heterocycles. The van der Waals surface area contributed by atoms with Crippen molar-refractivity contribution in [2.45, 2.75) is 0 Å². The number of thiazole rings is 1. The Morgan fingerprint density at radius 1 is 1.14 bits per heavy atom. The Hall–Kier alpha value is -2.37. The third kappa shape index (κ3) is 6.68. The lowest BCUT2D eigenvalue weighted by molar-refractivity contribution is -0.114. The van der Waals surface area contributed by atoms with Crippen molar-refractivity contribution >= 4 is 67.0 Å². The van der Waals surface area contributed by atoms with Crippen molar-refractivity contribution in [1.29, 1.82) is 0 Å². The summed E-state index contributed by atoms with van der Waals surface area (Å²) in [4.78, 5) is 22.2. The van der Waals surface area contributed by atoms with E-state index >= 15 is 0 Å². The molecule has 11 heteroatoms. The second-order valence-electron chi connectivity index (χ2n) is 7.84. The SMILES string of the molecule is COc1cc(/C=C/C(=O)N(CCN2CCOCC2)c2nc3ccc(Br)cc3s2)cc(OC)c1OC.Cl. The highest BCUT2D eigenvalue weighted by Crippen LogP contribution is 2.38. The Morgan fingerprint density at radius 3 is 2.47 bits per heavy atom. The number of morpholine rings is 1. The van der Waals surface area contributed by atoms with Gasteiger partial charge >= 0.3 is 0 Å². The van der Waals surface area contributed by atoms with Crippen LogP contribution in [-0.2, 0) is 9.53 Å². The molecule has 1 aliphatic rings. The van der Waals surface area contributed by atoms with E-state index in [9.17, 15) is 4.79 Å². The van der Waals surface area contributed by atoms with Gasteiger partial charge in [0, 0.05) is 36.7 Å². The minimum atomic E-state index is -0.148. The number of halogens is 2. The molecule has 4 rings (SSSR count). The summed E-state index contributed by atoms with van der Waals surface area (Å²) < 4.78 is 23.7. The molecule has 1 aliphatic heterocycles. The molecule has 3 aromatic rings. The molecule has 2 aromatic carbocycles. The van der Waals surface area contributed by atoms with Gasteiger partial charge in [-0.05, 0) is 42.0 Å². The molecule has 1 amide bonds. The third-order valence-corrected chi connectivity index (χ3v) is 7.22. The molecule has 194 valence electrons. The van der Waals surface area contributed by atoms with Crippen molar-refractivity contribution in [2.75, 3.05) is 65.6 Å². The van der Waals surface area contributed by atoms with Crippen LogP contribution >= 0.6 is 39.7 Å². The molecule has 0 radical (unpaired) electrons. The maximum atomic E-state index is 13.4. The van der Waals surface area contributed by atoms with Crippen LogP contribution in [0.3, 0.4) is 0 Å². The highest BCUT2D eigenvalue weighted by molar-refractivity contribution is 9.10. The first kappa shape index (κ1) is 28.2. The summed E-state index contributed by atoms with van der Waals surface area (Å²) in [5.41, 5.74) is 1.63. The number of anilines is 1. The molecular weight excluding hydrogens is 570 g/mol. The van der Waals surface area contributed by atoms with Crippen LogP contribution in [0.15, 0.2) is 40.9 Å². The number of fused-ring (bicyclic) bond motifs is 1. The topological polar surface area (TPSA) is 73.4 Å². The largest absolute Gasteiger partial charge is 0.493 e. The van der Waals surface area contributed by atoms with E-state index < -0.39 is 0 Å². The highest BCUT2D eigenvalue weighted by atomic mass is 79.9. The predicted octanol–water partition coefficient (Wildman–Crippen LogP) is 4.89. The number of ether oxygens (including phenoxy) is 4. The van der Waals surface area contributed by atoms with E-state index in [0.29, 0.717) is 42.1 Å². The smallest absolute Gasteiger partial charge is 0.252 e. The maximum absolute atomic E-state index is 13.4. The van der Waals surface area contributed by atoms with E-state index in [2.05, 4.69) is 20.8 Å². The second-order valence-corrected chi connectivity index (χ2v) is 9.77. The Morgan fingerprint density at radius 2 is 1.83 bits per heavy atom. The quantitative estimate of drug-likeness (QED) is 0.325. The first-order valence-electron chi connectivity index (χ1n) is 11.2. The summed E-state index contributed by atoms with van der Waals surface area (Å²) in [7, 11) is 4.69. The fraction of sp³-hybridized carbons (Fsp3) is 0.360. The Balaban J connectivity index is 0.00000361. The summed E-state index contributed by atoms with van der Waals surface area (Å²) in [6.45, 7) is 4.41. The number of methoxy groups -OCH3 is 3. The van der Waals surface area contributed by atoms with E-state index in [0.717, 1.165) is 39.9 Å². The molecule has 1 aromatic heterocycles. The summed E-state index contributed by atoms with van der Waals surface area (Å²) in [6.07, 6.45) is 3.31. The minimum Gasteiger partial charge on any atom is -0.493 e. The molecule has 0 spiro atoms. The van der Waals surface area contributed by atoms with Crippen LogP contribution in [0.2, 0.25) is 0 Å². The van der Waals surface area contributed by atoms with Gasteiger partial charge in [-0.3, -0.25) is 14.6 Å². The van der Waals surface area contributed by atoms with E-state index in [1.807, 2.05) is 18.2 Å². The first-order valence-corrected chi connectivity index (χ1v) is 12.8. The van der Waals surface area contributed by atoms with Gasteiger partial charge < -0.3 is 18.9 Å². The number of hydrogen-bond donors (Lipinski definition) is 0. The Kier molecular flexibility index (Phi) is 10.4. The van der Waals surface area contributed by atoms with Crippen molar-refractivity contribution in [1.82, 2.24) is 9.88 Å². The number of nitrogens with zero attached hydrogens (tertiary/aromatic N) is 3. The van der Waals surface area contributed by atoms with Crippen molar-refractivity contribution in [2.24, 2.45) is 0 Å². The van der Waals surface area contributed by atoms with Crippen LogP contribution in [-0.4, -0.2) is 76.5 Å². The molecule has 0 atom stereocenters. The van der Waals surface area contributed by atoms with Gasteiger partial charge in [-0.25, -0.2) is 4.98 Å². The summed E-state index contributed by atoms with van der Waals surface area (Å²) >= 11 is 5.02. The van der Waals surface area contributed by atoms with Crippen molar-refractivity contribution in [3.8, 4) is 17.2 Å². The van der Waals surface area contributed by atoms with Gasteiger partial charge in [-0.1, -0.05) is 27.3 Å². The zero-order chi connectivity index (χ0) is 24.8. The molecule has 0 bridgehead atoms. The average Bonchev–Trinajstić information content (AvgIpc) is 3.30. The fourth-order valence-corrected chi connectivity index (χ4v) is 5.37. The Bertz CT molecular complexity index is 1190. The summed E-state index contributed by atoms with van der Waals surface area (Å²) in [5, 5.41) is 0.672. The van der Waals surface area contributed by atoms with Gasteiger partial charge in [0.25, 0.3) is 5.91 Å². The van der Waals surface area contributed by atoms with E-state index in [1.165, 1.54) is 11.3 Å². The highest BCUT2D eigenvalue weighted by Gasteiger charge is 2.20.